The standard InChI is InChI=1S/C14H15N5O/c1-10-7-13(19-14(18-10)16-9-17-19)20-12-6-4-3-5-11(12)8-15-2/h3-7,9,15H,8H2,1-2H3. The van der Waals surface area contributed by atoms with Crippen LogP contribution in [0, 0.1) is 6.92 Å². The molecule has 3 aromatic rings. The zero-order valence-corrected chi connectivity index (χ0v) is 11.4. The van der Waals surface area contributed by atoms with E-state index in [2.05, 4.69) is 20.4 Å². The number of aryl methyl sites for hydroxylation is 1. The van der Waals surface area contributed by atoms with Gasteiger partial charge in [-0.05, 0) is 20.0 Å². The van der Waals surface area contributed by atoms with E-state index in [9.17, 15) is 0 Å². The van der Waals surface area contributed by atoms with Crippen LogP contribution in [0.15, 0.2) is 36.7 Å². The second-order valence-electron chi connectivity index (χ2n) is 4.45. The Balaban J connectivity index is 2.03. The van der Waals surface area contributed by atoms with E-state index in [0.717, 1.165) is 23.6 Å². The zero-order chi connectivity index (χ0) is 13.9. The summed E-state index contributed by atoms with van der Waals surface area (Å²) in [5.74, 6) is 1.93. The van der Waals surface area contributed by atoms with Crippen molar-refractivity contribution in [3.05, 3.63) is 47.9 Å². The summed E-state index contributed by atoms with van der Waals surface area (Å²) >= 11 is 0. The van der Waals surface area contributed by atoms with E-state index in [4.69, 9.17) is 4.74 Å². The van der Waals surface area contributed by atoms with Crippen molar-refractivity contribution in [2.75, 3.05) is 7.05 Å². The molecule has 102 valence electrons. The first kappa shape index (κ1) is 12.6. The molecule has 0 fully saturated rings. The third kappa shape index (κ3) is 2.33. The molecule has 20 heavy (non-hydrogen) atoms. The molecule has 0 radical (unpaired) electrons. The first-order chi connectivity index (χ1) is 9.78. The van der Waals surface area contributed by atoms with Gasteiger partial charge in [0.1, 0.15) is 12.1 Å². The fraction of sp³-hybridized carbons (Fsp3) is 0.214. The maximum absolute atomic E-state index is 5.99. The predicted molar refractivity (Wildman–Crippen MR) is 74.8 cm³/mol. The van der Waals surface area contributed by atoms with Crippen LogP contribution >= 0.6 is 0 Å². The summed E-state index contributed by atoms with van der Waals surface area (Å²) in [6.07, 6.45) is 1.47. The Hall–Kier alpha value is -2.47. The van der Waals surface area contributed by atoms with Crippen molar-refractivity contribution in [1.29, 1.82) is 0 Å². The number of nitrogens with one attached hydrogen (secondary N) is 1. The van der Waals surface area contributed by atoms with Gasteiger partial charge < -0.3 is 10.1 Å². The Labute approximate surface area is 116 Å². The number of rotatable bonds is 4. The first-order valence-corrected chi connectivity index (χ1v) is 6.35. The highest BCUT2D eigenvalue weighted by molar-refractivity contribution is 5.39. The van der Waals surface area contributed by atoms with Crippen molar-refractivity contribution < 1.29 is 4.74 Å². The maximum Gasteiger partial charge on any atom is 0.255 e. The molecule has 2 heterocycles. The molecule has 0 amide bonds. The molecule has 1 aromatic carbocycles. The van der Waals surface area contributed by atoms with Gasteiger partial charge in [0.25, 0.3) is 5.78 Å². The molecule has 2 aromatic heterocycles. The number of hydrogen-bond acceptors (Lipinski definition) is 5. The molecule has 0 saturated carbocycles. The van der Waals surface area contributed by atoms with Crippen molar-refractivity contribution in [3.8, 4) is 11.6 Å². The van der Waals surface area contributed by atoms with Crippen LogP contribution in [0.2, 0.25) is 0 Å². The molecule has 0 atom stereocenters. The number of ether oxygens (including phenoxy) is 1. The summed E-state index contributed by atoms with van der Waals surface area (Å²) in [4.78, 5) is 8.38. The smallest absolute Gasteiger partial charge is 0.255 e. The van der Waals surface area contributed by atoms with Gasteiger partial charge in [0.2, 0.25) is 5.88 Å². The Morgan fingerprint density at radius 3 is 3.00 bits per heavy atom. The van der Waals surface area contributed by atoms with Gasteiger partial charge in [0, 0.05) is 23.9 Å². The van der Waals surface area contributed by atoms with Gasteiger partial charge in [-0.2, -0.15) is 14.6 Å². The van der Waals surface area contributed by atoms with Crippen LogP contribution in [-0.4, -0.2) is 26.6 Å². The highest BCUT2D eigenvalue weighted by Gasteiger charge is 2.09. The molecule has 0 spiro atoms. The molecular formula is C14H15N5O. The van der Waals surface area contributed by atoms with Crippen LogP contribution in [0.4, 0.5) is 0 Å². The lowest BCUT2D eigenvalue weighted by atomic mass is 10.2. The Morgan fingerprint density at radius 1 is 1.30 bits per heavy atom. The number of nitrogens with zero attached hydrogens (tertiary/aromatic N) is 4. The average molecular weight is 269 g/mol. The van der Waals surface area contributed by atoms with Crippen molar-refractivity contribution in [2.24, 2.45) is 0 Å². The average Bonchev–Trinajstić information content (AvgIpc) is 2.89. The lowest BCUT2D eigenvalue weighted by Gasteiger charge is -2.11. The van der Waals surface area contributed by atoms with Gasteiger partial charge >= 0.3 is 0 Å². The van der Waals surface area contributed by atoms with Crippen LogP contribution < -0.4 is 10.1 Å². The number of para-hydroxylation sites is 1. The van der Waals surface area contributed by atoms with Crippen molar-refractivity contribution >= 4 is 5.78 Å². The Kier molecular flexibility index (Phi) is 3.30. The van der Waals surface area contributed by atoms with E-state index in [1.807, 2.05) is 44.3 Å². The third-order valence-corrected chi connectivity index (χ3v) is 2.90. The minimum Gasteiger partial charge on any atom is -0.438 e. The molecule has 0 saturated heterocycles. The molecule has 0 unspecified atom stereocenters. The number of fused-ring (bicyclic) bond motifs is 1. The van der Waals surface area contributed by atoms with Crippen LogP contribution in [0.25, 0.3) is 5.78 Å². The van der Waals surface area contributed by atoms with Crippen molar-refractivity contribution in [1.82, 2.24) is 24.9 Å². The molecule has 0 bridgehead atoms. The topological polar surface area (TPSA) is 64.3 Å². The van der Waals surface area contributed by atoms with Gasteiger partial charge in [0.15, 0.2) is 0 Å². The molecule has 1 N–H and O–H groups in total. The van der Waals surface area contributed by atoms with Gasteiger partial charge in [-0.3, -0.25) is 0 Å². The lowest BCUT2D eigenvalue weighted by Crippen LogP contribution is -2.07. The van der Waals surface area contributed by atoms with Gasteiger partial charge in [-0.25, -0.2) is 4.98 Å². The van der Waals surface area contributed by atoms with Crippen LogP contribution in [0.1, 0.15) is 11.3 Å². The summed E-state index contributed by atoms with van der Waals surface area (Å²) < 4.78 is 7.58. The quantitative estimate of drug-likeness (QED) is 0.784. The summed E-state index contributed by atoms with van der Waals surface area (Å²) in [7, 11) is 1.91. The monoisotopic (exact) mass is 269 g/mol. The third-order valence-electron chi connectivity index (χ3n) is 2.90. The second-order valence-corrected chi connectivity index (χ2v) is 4.45. The lowest BCUT2D eigenvalue weighted by molar-refractivity contribution is 0.438. The van der Waals surface area contributed by atoms with E-state index < -0.39 is 0 Å². The molecular weight excluding hydrogens is 254 g/mol. The Morgan fingerprint density at radius 2 is 2.15 bits per heavy atom. The SMILES string of the molecule is CNCc1ccccc1Oc1cc(C)nc2ncnn12. The highest BCUT2D eigenvalue weighted by atomic mass is 16.5. The molecule has 0 aliphatic heterocycles. The van der Waals surface area contributed by atoms with Crippen molar-refractivity contribution in [2.45, 2.75) is 13.5 Å². The molecule has 6 heteroatoms. The van der Waals surface area contributed by atoms with Crippen molar-refractivity contribution in [3.63, 3.8) is 0 Å². The number of hydrogen-bond donors (Lipinski definition) is 1. The fourth-order valence-corrected chi connectivity index (χ4v) is 2.02. The van der Waals surface area contributed by atoms with E-state index in [0.29, 0.717) is 11.7 Å². The van der Waals surface area contributed by atoms with E-state index >= 15 is 0 Å². The maximum atomic E-state index is 5.99. The normalized spacial score (nSPS) is 10.9. The molecule has 0 aliphatic rings. The van der Waals surface area contributed by atoms with Crippen LogP contribution in [0.3, 0.4) is 0 Å². The largest absolute Gasteiger partial charge is 0.438 e. The van der Waals surface area contributed by atoms with E-state index in [-0.39, 0.29) is 0 Å². The molecule has 3 rings (SSSR count). The minimum atomic E-state index is 0.533. The highest BCUT2D eigenvalue weighted by Crippen LogP contribution is 2.25. The first-order valence-electron chi connectivity index (χ1n) is 6.35. The van der Waals surface area contributed by atoms with Gasteiger partial charge in [0.05, 0.1) is 0 Å². The van der Waals surface area contributed by atoms with E-state index in [1.165, 1.54) is 6.33 Å². The number of benzene rings is 1. The van der Waals surface area contributed by atoms with Gasteiger partial charge in [-0.15, -0.1) is 0 Å². The van der Waals surface area contributed by atoms with E-state index in [1.54, 1.807) is 4.52 Å². The van der Waals surface area contributed by atoms with Crippen LogP contribution in [0.5, 0.6) is 11.6 Å². The summed E-state index contributed by atoms with van der Waals surface area (Å²) in [6.45, 7) is 2.64. The van der Waals surface area contributed by atoms with Gasteiger partial charge in [-0.1, -0.05) is 18.2 Å². The number of aromatic nitrogens is 4. The Bertz CT molecular complexity index is 737. The summed E-state index contributed by atoms with van der Waals surface area (Å²) in [6, 6.07) is 9.74. The van der Waals surface area contributed by atoms with Crippen LogP contribution in [-0.2, 0) is 6.54 Å². The minimum absolute atomic E-state index is 0.533. The summed E-state index contributed by atoms with van der Waals surface area (Å²) in [5, 5.41) is 7.26. The second kappa shape index (κ2) is 5.26. The summed E-state index contributed by atoms with van der Waals surface area (Å²) in [5.41, 5.74) is 1.92. The molecule has 0 aliphatic carbocycles. The predicted octanol–water partition coefficient (Wildman–Crippen LogP) is 1.94. The zero-order valence-electron chi connectivity index (χ0n) is 11.4. The fourth-order valence-electron chi connectivity index (χ4n) is 2.02. The molecule has 6 nitrogen and oxygen atoms in total.